The van der Waals surface area contributed by atoms with E-state index in [1.54, 1.807) is 24.3 Å². The molecule has 2 aromatic rings. The van der Waals surface area contributed by atoms with Gasteiger partial charge in [-0.15, -0.1) is 10.2 Å². The fourth-order valence-electron chi connectivity index (χ4n) is 2.11. The first kappa shape index (κ1) is 15.4. The molecule has 120 valence electrons. The number of rotatable bonds is 4. The van der Waals surface area contributed by atoms with Crippen LogP contribution in [0.4, 0.5) is 15.6 Å². The van der Waals surface area contributed by atoms with Gasteiger partial charge in [0.25, 0.3) is 5.91 Å². The Labute approximate surface area is 137 Å². The Bertz CT molecular complexity index is 727. The lowest BCUT2D eigenvalue weighted by atomic mass is 10.2. The van der Waals surface area contributed by atoms with Crippen LogP contribution in [-0.4, -0.2) is 35.3 Å². The van der Waals surface area contributed by atoms with Crippen molar-refractivity contribution in [1.29, 1.82) is 0 Å². The number of ether oxygens (including phenoxy) is 1. The summed E-state index contributed by atoms with van der Waals surface area (Å²) < 4.78 is 4.89. The van der Waals surface area contributed by atoms with E-state index in [-0.39, 0.29) is 17.9 Å². The van der Waals surface area contributed by atoms with Crippen molar-refractivity contribution in [2.45, 2.75) is 19.8 Å². The number of hydrogen-bond acceptors (Lipinski definition) is 6. The molecule has 1 fully saturated rings. The normalized spacial score (nSPS) is 14.2. The van der Waals surface area contributed by atoms with Gasteiger partial charge in [0.1, 0.15) is 11.6 Å². The molecule has 0 radical (unpaired) electrons. The van der Waals surface area contributed by atoms with Gasteiger partial charge in [0.2, 0.25) is 5.13 Å². The first-order chi connectivity index (χ1) is 11.0. The van der Waals surface area contributed by atoms with Gasteiger partial charge in [0.05, 0.1) is 6.54 Å². The minimum absolute atomic E-state index is 0.257. The van der Waals surface area contributed by atoms with Crippen molar-refractivity contribution in [3.8, 4) is 0 Å². The maximum Gasteiger partial charge on any atom is 0.414 e. The van der Waals surface area contributed by atoms with Gasteiger partial charge in [-0.05, 0) is 24.3 Å². The number of hydrogen-bond donors (Lipinski definition) is 1. The molecular weight excluding hydrogens is 316 g/mol. The molecule has 3 rings (SSSR count). The van der Waals surface area contributed by atoms with Gasteiger partial charge in [-0.25, -0.2) is 4.79 Å². The van der Waals surface area contributed by atoms with Crippen molar-refractivity contribution in [3.63, 3.8) is 0 Å². The number of aromatic nitrogens is 2. The van der Waals surface area contributed by atoms with E-state index in [4.69, 9.17) is 4.74 Å². The molecule has 1 aliphatic rings. The van der Waals surface area contributed by atoms with Crippen LogP contribution in [0.5, 0.6) is 0 Å². The van der Waals surface area contributed by atoms with E-state index in [1.165, 1.54) is 16.2 Å². The summed E-state index contributed by atoms with van der Waals surface area (Å²) in [6, 6.07) is 6.78. The van der Waals surface area contributed by atoms with Crippen LogP contribution in [-0.2, 0) is 4.74 Å². The standard InChI is InChI=1S/C15H16N4O3S/c1-9(2)13-17-18-14(23-13)16-12(20)10-3-5-11(6-4-10)19-7-8-22-15(19)21/h3-6,9H,7-8H2,1-2H3,(H,16,18,20). The Balaban J connectivity index is 1.68. The zero-order valence-corrected chi connectivity index (χ0v) is 13.6. The average molecular weight is 332 g/mol. The summed E-state index contributed by atoms with van der Waals surface area (Å²) in [6.07, 6.45) is -0.364. The van der Waals surface area contributed by atoms with Crippen molar-refractivity contribution in [2.24, 2.45) is 0 Å². The predicted octanol–water partition coefficient (Wildman–Crippen LogP) is 2.87. The highest BCUT2D eigenvalue weighted by atomic mass is 32.1. The van der Waals surface area contributed by atoms with Gasteiger partial charge in [-0.1, -0.05) is 25.2 Å². The summed E-state index contributed by atoms with van der Waals surface area (Å²) in [7, 11) is 0. The fourth-order valence-corrected chi connectivity index (χ4v) is 2.85. The Hall–Kier alpha value is -2.48. The molecule has 1 saturated heterocycles. The average Bonchev–Trinajstić information content (AvgIpc) is 3.16. The zero-order valence-electron chi connectivity index (χ0n) is 12.8. The second-order valence-electron chi connectivity index (χ2n) is 5.37. The summed E-state index contributed by atoms with van der Waals surface area (Å²) in [6.45, 7) is 4.95. The first-order valence-corrected chi connectivity index (χ1v) is 8.05. The molecule has 7 nitrogen and oxygen atoms in total. The Morgan fingerprint density at radius 3 is 2.61 bits per heavy atom. The summed E-state index contributed by atoms with van der Waals surface area (Å²) in [5, 5.41) is 12.1. The number of benzene rings is 1. The molecule has 0 unspecified atom stereocenters. The minimum Gasteiger partial charge on any atom is -0.447 e. The molecule has 8 heteroatoms. The number of carbonyl (C=O) groups is 2. The van der Waals surface area contributed by atoms with E-state index in [0.717, 1.165) is 5.01 Å². The summed E-state index contributed by atoms with van der Waals surface area (Å²) in [5.74, 6) is 0.0182. The highest BCUT2D eigenvalue weighted by Crippen LogP contribution is 2.23. The number of nitrogens with zero attached hydrogens (tertiary/aromatic N) is 3. The van der Waals surface area contributed by atoms with E-state index in [9.17, 15) is 9.59 Å². The number of carbonyl (C=O) groups excluding carboxylic acids is 2. The molecule has 1 aromatic heterocycles. The SMILES string of the molecule is CC(C)c1nnc(NC(=O)c2ccc(N3CCOC3=O)cc2)s1. The van der Waals surface area contributed by atoms with Gasteiger partial charge in [-0.3, -0.25) is 15.0 Å². The summed E-state index contributed by atoms with van der Waals surface area (Å²) in [4.78, 5) is 25.2. The van der Waals surface area contributed by atoms with Crippen molar-refractivity contribution >= 4 is 34.2 Å². The van der Waals surface area contributed by atoms with E-state index >= 15 is 0 Å². The van der Waals surface area contributed by atoms with Gasteiger partial charge in [-0.2, -0.15) is 0 Å². The lowest BCUT2D eigenvalue weighted by Crippen LogP contribution is -2.23. The van der Waals surface area contributed by atoms with Crippen LogP contribution in [0.2, 0.25) is 0 Å². The van der Waals surface area contributed by atoms with Crippen LogP contribution in [0.15, 0.2) is 24.3 Å². The predicted molar refractivity (Wildman–Crippen MR) is 87.1 cm³/mol. The van der Waals surface area contributed by atoms with Crippen LogP contribution >= 0.6 is 11.3 Å². The second kappa shape index (κ2) is 6.33. The Morgan fingerprint density at radius 1 is 1.30 bits per heavy atom. The third-order valence-electron chi connectivity index (χ3n) is 3.36. The molecule has 2 amide bonds. The lowest BCUT2D eigenvalue weighted by molar-refractivity contribution is 0.102. The van der Waals surface area contributed by atoms with Gasteiger partial charge in [0, 0.05) is 17.2 Å². The molecule has 23 heavy (non-hydrogen) atoms. The van der Waals surface area contributed by atoms with Gasteiger partial charge in [0.15, 0.2) is 0 Å². The van der Waals surface area contributed by atoms with Gasteiger partial charge >= 0.3 is 6.09 Å². The van der Waals surface area contributed by atoms with Crippen LogP contribution in [0.1, 0.15) is 35.1 Å². The van der Waals surface area contributed by atoms with Crippen LogP contribution in [0.3, 0.4) is 0 Å². The first-order valence-electron chi connectivity index (χ1n) is 7.23. The van der Waals surface area contributed by atoms with Crippen molar-refractivity contribution < 1.29 is 14.3 Å². The minimum atomic E-state index is -0.364. The summed E-state index contributed by atoms with van der Waals surface area (Å²) >= 11 is 1.36. The van der Waals surface area contributed by atoms with Crippen molar-refractivity contribution in [3.05, 3.63) is 34.8 Å². The van der Waals surface area contributed by atoms with E-state index in [2.05, 4.69) is 15.5 Å². The zero-order chi connectivity index (χ0) is 16.4. The Kier molecular flexibility index (Phi) is 4.24. The van der Waals surface area contributed by atoms with Crippen LogP contribution in [0, 0.1) is 0 Å². The van der Waals surface area contributed by atoms with Crippen LogP contribution < -0.4 is 10.2 Å². The van der Waals surface area contributed by atoms with Crippen LogP contribution in [0.25, 0.3) is 0 Å². The van der Waals surface area contributed by atoms with E-state index < -0.39 is 0 Å². The number of amides is 2. The topological polar surface area (TPSA) is 84.4 Å². The molecule has 1 aliphatic heterocycles. The lowest BCUT2D eigenvalue weighted by Gasteiger charge is -2.12. The quantitative estimate of drug-likeness (QED) is 0.930. The molecule has 0 spiro atoms. The third kappa shape index (κ3) is 3.31. The molecule has 0 atom stereocenters. The monoisotopic (exact) mass is 332 g/mol. The van der Waals surface area contributed by atoms with E-state index in [0.29, 0.717) is 29.5 Å². The van der Waals surface area contributed by atoms with Crippen molar-refractivity contribution in [2.75, 3.05) is 23.4 Å². The highest BCUT2D eigenvalue weighted by molar-refractivity contribution is 7.15. The molecule has 0 aliphatic carbocycles. The highest BCUT2D eigenvalue weighted by Gasteiger charge is 2.23. The van der Waals surface area contributed by atoms with E-state index in [1.807, 2.05) is 13.8 Å². The number of anilines is 2. The second-order valence-corrected chi connectivity index (χ2v) is 6.38. The molecular formula is C15H16N4O3S. The molecule has 1 aromatic carbocycles. The molecule has 0 bridgehead atoms. The number of nitrogens with one attached hydrogen (secondary N) is 1. The number of cyclic esters (lactones) is 1. The smallest absolute Gasteiger partial charge is 0.414 e. The maximum absolute atomic E-state index is 12.2. The molecule has 0 saturated carbocycles. The summed E-state index contributed by atoms with van der Waals surface area (Å²) in [5.41, 5.74) is 1.20. The molecule has 1 N–H and O–H groups in total. The third-order valence-corrected chi connectivity index (χ3v) is 4.50. The Morgan fingerprint density at radius 2 is 2.04 bits per heavy atom. The van der Waals surface area contributed by atoms with Gasteiger partial charge < -0.3 is 4.74 Å². The molecule has 2 heterocycles. The fraction of sp³-hybridized carbons (Fsp3) is 0.333. The van der Waals surface area contributed by atoms with Crippen molar-refractivity contribution in [1.82, 2.24) is 10.2 Å². The largest absolute Gasteiger partial charge is 0.447 e. The maximum atomic E-state index is 12.2.